The summed E-state index contributed by atoms with van der Waals surface area (Å²) in [7, 11) is 1.26. The van der Waals surface area contributed by atoms with E-state index >= 15 is 0 Å². The van der Waals surface area contributed by atoms with Crippen molar-refractivity contribution in [2.75, 3.05) is 18.6 Å². The minimum atomic E-state index is -0.584. The highest BCUT2D eigenvalue weighted by Crippen LogP contribution is 2.22. The molecule has 26 heavy (non-hydrogen) atoms. The molecule has 2 aromatic rings. The fraction of sp³-hybridized carbons (Fsp3) is 0.333. The van der Waals surface area contributed by atoms with Gasteiger partial charge in [-0.1, -0.05) is 0 Å². The molecule has 0 bridgehead atoms. The Morgan fingerprint density at radius 3 is 2.50 bits per heavy atom. The molecule has 2 aromatic heterocycles. The third kappa shape index (κ3) is 4.01. The first-order valence-electron chi connectivity index (χ1n) is 8.02. The number of nitrogens with one attached hydrogen (secondary N) is 1. The number of pyridine rings is 1. The lowest BCUT2D eigenvalue weighted by molar-refractivity contribution is -0.118. The molecule has 0 unspecified atom stereocenters. The van der Waals surface area contributed by atoms with Gasteiger partial charge in [-0.3, -0.25) is 14.5 Å². The van der Waals surface area contributed by atoms with Crippen molar-refractivity contribution >= 4 is 39.4 Å². The average molecular weight is 422 g/mol. The Kier molecular flexibility index (Phi) is 6.31. The number of ketones is 1. The number of carbonyl (C=O) groups is 3. The molecule has 8 heteroatoms. The topological polar surface area (TPSA) is 92.4 Å². The van der Waals surface area contributed by atoms with Crippen molar-refractivity contribution in [3.05, 3.63) is 45.3 Å². The van der Waals surface area contributed by atoms with Gasteiger partial charge in [-0.25, -0.2) is 9.78 Å². The zero-order valence-corrected chi connectivity index (χ0v) is 16.6. The van der Waals surface area contributed by atoms with Gasteiger partial charge in [0.1, 0.15) is 5.82 Å². The Morgan fingerprint density at radius 1 is 1.31 bits per heavy atom. The second-order valence-corrected chi connectivity index (χ2v) is 6.59. The van der Waals surface area contributed by atoms with E-state index < -0.39 is 5.97 Å². The normalized spacial score (nSPS) is 10.5. The molecule has 1 amide bonds. The van der Waals surface area contributed by atoms with Crippen LogP contribution in [0.1, 0.15) is 46.0 Å². The number of aromatic amines is 1. The maximum Gasteiger partial charge on any atom is 0.339 e. The molecular formula is C18H20BrN3O4. The van der Waals surface area contributed by atoms with Crippen LogP contribution in [0, 0.1) is 6.92 Å². The summed E-state index contributed by atoms with van der Waals surface area (Å²) in [6.07, 6.45) is 1.53. The van der Waals surface area contributed by atoms with Crippen molar-refractivity contribution in [2.24, 2.45) is 0 Å². The molecule has 0 aliphatic rings. The number of methoxy groups -OCH3 is 1. The number of halogens is 1. The van der Waals surface area contributed by atoms with Gasteiger partial charge in [0.2, 0.25) is 5.91 Å². The molecule has 0 radical (unpaired) electrons. The van der Waals surface area contributed by atoms with E-state index in [1.165, 1.54) is 18.9 Å². The van der Waals surface area contributed by atoms with Crippen molar-refractivity contribution in [3.8, 4) is 0 Å². The maximum atomic E-state index is 12.8. The fourth-order valence-electron chi connectivity index (χ4n) is 2.76. The molecule has 0 saturated heterocycles. The lowest BCUT2D eigenvalue weighted by atomic mass is 10.1. The summed E-state index contributed by atoms with van der Waals surface area (Å²) in [6, 6.07) is 3.53. The number of ether oxygens (including phenoxy) is 1. The van der Waals surface area contributed by atoms with Gasteiger partial charge in [0.15, 0.2) is 5.78 Å². The summed E-state index contributed by atoms with van der Waals surface area (Å²) in [6.45, 7) is 5.31. The van der Waals surface area contributed by atoms with Crippen LogP contribution in [-0.2, 0) is 16.0 Å². The van der Waals surface area contributed by atoms with E-state index in [0.717, 1.165) is 4.47 Å². The standard InChI is InChI=1S/C18H20BrN3O4/c1-5-22(14-7-6-12(19)9-20-14)15(24)8-13-16(18(25)26-4)10(2)17(21-13)11(3)23/h6-7,9,21H,5,8H2,1-4H3. The molecule has 138 valence electrons. The number of hydrogen-bond donors (Lipinski definition) is 1. The Balaban J connectivity index is 2.38. The van der Waals surface area contributed by atoms with Crippen molar-refractivity contribution in [3.63, 3.8) is 0 Å². The van der Waals surface area contributed by atoms with E-state index in [1.807, 2.05) is 6.92 Å². The minimum Gasteiger partial charge on any atom is -0.465 e. The van der Waals surface area contributed by atoms with Crippen LogP contribution in [0.4, 0.5) is 5.82 Å². The van der Waals surface area contributed by atoms with Crippen molar-refractivity contribution in [2.45, 2.75) is 27.2 Å². The highest BCUT2D eigenvalue weighted by atomic mass is 79.9. The predicted molar refractivity (Wildman–Crippen MR) is 101 cm³/mol. The minimum absolute atomic E-state index is 0.0792. The Labute approximate surface area is 159 Å². The molecule has 0 saturated carbocycles. The average Bonchev–Trinajstić information content (AvgIpc) is 2.93. The molecule has 2 rings (SSSR count). The number of aromatic nitrogens is 2. The van der Waals surface area contributed by atoms with Gasteiger partial charge in [0.25, 0.3) is 0 Å². The van der Waals surface area contributed by atoms with Crippen LogP contribution < -0.4 is 4.90 Å². The summed E-state index contributed by atoms with van der Waals surface area (Å²) in [5.41, 5.74) is 1.38. The number of H-pyrrole nitrogens is 1. The van der Waals surface area contributed by atoms with Gasteiger partial charge in [-0.05, 0) is 47.5 Å². The molecule has 0 spiro atoms. The molecule has 0 fully saturated rings. The molecular weight excluding hydrogens is 402 g/mol. The van der Waals surface area contributed by atoms with Gasteiger partial charge in [-0.15, -0.1) is 0 Å². The Hall–Kier alpha value is -2.48. The third-order valence-electron chi connectivity index (χ3n) is 4.00. The van der Waals surface area contributed by atoms with Gasteiger partial charge in [-0.2, -0.15) is 0 Å². The van der Waals surface area contributed by atoms with Crippen molar-refractivity contribution in [1.29, 1.82) is 0 Å². The third-order valence-corrected chi connectivity index (χ3v) is 4.47. The summed E-state index contributed by atoms with van der Waals surface area (Å²) < 4.78 is 5.61. The van der Waals surface area contributed by atoms with Crippen LogP contribution >= 0.6 is 15.9 Å². The second kappa shape index (κ2) is 8.27. The lowest BCUT2D eigenvalue weighted by Gasteiger charge is -2.20. The van der Waals surface area contributed by atoms with Gasteiger partial charge < -0.3 is 9.72 Å². The van der Waals surface area contributed by atoms with E-state index in [2.05, 4.69) is 25.9 Å². The van der Waals surface area contributed by atoms with Crippen LogP contribution in [0.3, 0.4) is 0 Å². The maximum absolute atomic E-state index is 12.8. The fourth-order valence-corrected chi connectivity index (χ4v) is 3.00. The highest BCUT2D eigenvalue weighted by molar-refractivity contribution is 9.10. The first-order chi connectivity index (χ1) is 12.3. The Bertz CT molecular complexity index is 843. The summed E-state index contributed by atoms with van der Waals surface area (Å²) in [4.78, 5) is 45.4. The van der Waals surface area contributed by atoms with E-state index in [-0.39, 0.29) is 23.7 Å². The van der Waals surface area contributed by atoms with Gasteiger partial charge in [0.05, 0.1) is 24.8 Å². The van der Waals surface area contributed by atoms with E-state index in [4.69, 9.17) is 4.74 Å². The Morgan fingerprint density at radius 2 is 2.00 bits per heavy atom. The first-order valence-corrected chi connectivity index (χ1v) is 8.82. The molecule has 0 aliphatic carbocycles. The van der Waals surface area contributed by atoms with Crippen molar-refractivity contribution < 1.29 is 19.1 Å². The summed E-state index contributed by atoms with van der Waals surface area (Å²) in [5.74, 6) is -0.536. The van der Waals surface area contributed by atoms with Gasteiger partial charge in [0, 0.05) is 29.8 Å². The molecule has 0 aliphatic heterocycles. The largest absolute Gasteiger partial charge is 0.465 e. The molecule has 0 aromatic carbocycles. The second-order valence-electron chi connectivity index (χ2n) is 5.68. The van der Waals surface area contributed by atoms with E-state index in [9.17, 15) is 14.4 Å². The summed E-state index contributed by atoms with van der Waals surface area (Å²) in [5, 5.41) is 0. The van der Waals surface area contributed by atoms with Crippen LogP contribution in [0.2, 0.25) is 0 Å². The van der Waals surface area contributed by atoms with Crippen LogP contribution in [0.15, 0.2) is 22.8 Å². The molecule has 7 nitrogen and oxygen atoms in total. The smallest absolute Gasteiger partial charge is 0.339 e. The van der Waals surface area contributed by atoms with Crippen LogP contribution in [-0.4, -0.2) is 41.3 Å². The highest BCUT2D eigenvalue weighted by Gasteiger charge is 2.26. The number of carbonyl (C=O) groups excluding carboxylic acids is 3. The number of nitrogens with zero attached hydrogens (tertiary/aromatic N) is 2. The first kappa shape index (κ1) is 19.8. The number of rotatable bonds is 6. The number of esters is 1. The van der Waals surface area contributed by atoms with E-state index in [1.54, 1.807) is 25.3 Å². The monoisotopic (exact) mass is 421 g/mol. The number of anilines is 1. The molecule has 2 heterocycles. The SMILES string of the molecule is CCN(C(=O)Cc1[nH]c(C(C)=O)c(C)c1C(=O)OC)c1ccc(Br)cn1. The zero-order chi connectivity index (χ0) is 19.4. The van der Waals surface area contributed by atoms with Crippen molar-refractivity contribution in [1.82, 2.24) is 9.97 Å². The quantitative estimate of drug-likeness (QED) is 0.571. The number of hydrogen-bond acceptors (Lipinski definition) is 5. The van der Waals surface area contributed by atoms with Gasteiger partial charge >= 0.3 is 5.97 Å². The summed E-state index contributed by atoms with van der Waals surface area (Å²) >= 11 is 3.31. The van der Waals surface area contributed by atoms with Crippen LogP contribution in [0.25, 0.3) is 0 Å². The predicted octanol–water partition coefficient (Wildman–Crippen LogP) is 3.07. The van der Waals surface area contributed by atoms with E-state index in [0.29, 0.717) is 29.3 Å². The molecule has 1 N–H and O–H groups in total. The number of Topliss-reactive ketones (excluding diaryl/α,β-unsaturated/α-hetero) is 1. The number of amides is 1. The molecule has 0 atom stereocenters. The lowest BCUT2D eigenvalue weighted by Crippen LogP contribution is -2.33. The number of likely N-dealkylation sites (N-methyl/N-ethyl adjacent to an activating group) is 1. The van der Waals surface area contributed by atoms with Crippen LogP contribution in [0.5, 0.6) is 0 Å². The zero-order valence-electron chi connectivity index (χ0n) is 15.1.